The minimum atomic E-state index is 0.282. The summed E-state index contributed by atoms with van der Waals surface area (Å²) in [6.45, 7) is 4.61. The normalized spacial score (nSPS) is 10.8. The Hall–Kier alpha value is -1.60. The Labute approximate surface area is 116 Å². The van der Waals surface area contributed by atoms with Gasteiger partial charge in [-0.2, -0.15) is 0 Å². The van der Waals surface area contributed by atoms with Gasteiger partial charge >= 0.3 is 0 Å². The Morgan fingerprint density at radius 3 is 3.11 bits per heavy atom. The van der Waals surface area contributed by atoms with Crippen molar-refractivity contribution in [1.82, 2.24) is 25.5 Å². The maximum absolute atomic E-state index is 9.41. The number of benzene rings is 1. The fourth-order valence-corrected chi connectivity index (χ4v) is 2.44. The number of likely N-dealkylation sites (N-methyl/N-ethyl adjacent to an activating group) is 1. The Balaban J connectivity index is 1.90. The average Bonchev–Trinajstić information content (AvgIpc) is 2.84. The summed E-state index contributed by atoms with van der Waals surface area (Å²) in [5.74, 6) is 1.01. The lowest BCUT2D eigenvalue weighted by molar-refractivity contribution is 0.475. The molecule has 2 rings (SSSR count). The third-order valence-corrected chi connectivity index (χ3v) is 3.56. The predicted octanol–water partition coefficient (Wildman–Crippen LogP) is 1.28. The highest BCUT2D eigenvalue weighted by atomic mass is 32.2. The molecule has 1 aromatic carbocycles. The third-order valence-electron chi connectivity index (χ3n) is 2.53. The van der Waals surface area contributed by atoms with E-state index < -0.39 is 0 Å². The van der Waals surface area contributed by atoms with Crippen molar-refractivity contribution >= 4 is 11.8 Å². The van der Waals surface area contributed by atoms with Crippen LogP contribution in [-0.2, 0) is 12.3 Å². The Morgan fingerprint density at radius 2 is 2.32 bits per heavy atom. The zero-order valence-electron chi connectivity index (χ0n) is 10.8. The van der Waals surface area contributed by atoms with Gasteiger partial charge in [0.25, 0.3) is 0 Å². The number of rotatable bonds is 7. The van der Waals surface area contributed by atoms with Gasteiger partial charge in [0.05, 0.1) is 6.54 Å². The first-order valence-corrected chi connectivity index (χ1v) is 7.15. The topological polar surface area (TPSA) is 75.9 Å². The van der Waals surface area contributed by atoms with Crippen LogP contribution >= 0.6 is 11.8 Å². The van der Waals surface area contributed by atoms with E-state index in [1.54, 1.807) is 28.6 Å². The summed E-state index contributed by atoms with van der Waals surface area (Å²) in [6, 6.07) is 7.22. The molecule has 0 bridgehead atoms. The maximum Gasteiger partial charge on any atom is 0.209 e. The lowest BCUT2D eigenvalue weighted by Gasteiger charge is -2.05. The van der Waals surface area contributed by atoms with Crippen LogP contribution in [0, 0.1) is 0 Å². The molecule has 2 aromatic rings. The second-order valence-electron chi connectivity index (χ2n) is 4.00. The van der Waals surface area contributed by atoms with Crippen LogP contribution in [0.25, 0.3) is 0 Å². The van der Waals surface area contributed by atoms with Crippen molar-refractivity contribution in [2.75, 3.05) is 13.1 Å². The van der Waals surface area contributed by atoms with Gasteiger partial charge in [-0.3, -0.25) is 0 Å². The maximum atomic E-state index is 9.41. The van der Waals surface area contributed by atoms with Crippen molar-refractivity contribution in [3.8, 4) is 5.75 Å². The molecule has 6 nitrogen and oxygen atoms in total. The van der Waals surface area contributed by atoms with Crippen molar-refractivity contribution in [2.45, 2.75) is 24.4 Å². The second kappa shape index (κ2) is 7.10. The zero-order valence-corrected chi connectivity index (χ0v) is 11.6. The van der Waals surface area contributed by atoms with Gasteiger partial charge in [0.15, 0.2) is 0 Å². The molecule has 0 saturated carbocycles. The number of hydrogen-bond donors (Lipinski definition) is 2. The summed E-state index contributed by atoms with van der Waals surface area (Å²) in [6.07, 6.45) is 0. The summed E-state index contributed by atoms with van der Waals surface area (Å²) in [4.78, 5) is 0. The molecule has 1 aromatic heterocycles. The molecule has 0 atom stereocenters. The number of aromatic nitrogens is 4. The third kappa shape index (κ3) is 4.22. The van der Waals surface area contributed by atoms with Crippen molar-refractivity contribution in [1.29, 1.82) is 0 Å². The molecule has 1 heterocycles. The van der Waals surface area contributed by atoms with E-state index in [2.05, 4.69) is 27.8 Å². The molecule has 0 aliphatic rings. The smallest absolute Gasteiger partial charge is 0.209 e. The first-order valence-electron chi connectivity index (χ1n) is 6.17. The Morgan fingerprint density at radius 1 is 1.42 bits per heavy atom. The molecular formula is C12H17N5OS. The number of aromatic hydroxyl groups is 1. The second-order valence-corrected chi connectivity index (χ2v) is 4.94. The molecule has 2 N–H and O–H groups in total. The Bertz CT molecular complexity index is 516. The van der Waals surface area contributed by atoms with Crippen molar-refractivity contribution in [3.05, 3.63) is 29.8 Å². The minimum Gasteiger partial charge on any atom is -0.508 e. The number of phenols is 1. The molecule has 7 heteroatoms. The van der Waals surface area contributed by atoms with Crippen LogP contribution in [0.4, 0.5) is 0 Å². The SMILES string of the molecule is CCNCCn1nnnc1SCc1cccc(O)c1. The number of thioether (sulfide) groups is 1. The van der Waals surface area contributed by atoms with Gasteiger partial charge in [0.1, 0.15) is 5.75 Å². The van der Waals surface area contributed by atoms with Gasteiger partial charge in [-0.15, -0.1) is 5.10 Å². The van der Waals surface area contributed by atoms with Crippen LogP contribution in [0.5, 0.6) is 5.75 Å². The van der Waals surface area contributed by atoms with E-state index in [0.29, 0.717) is 0 Å². The number of tetrazole rings is 1. The summed E-state index contributed by atoms with van der Waals surface area (Å²) < 4.78 is 1.79. The molecule has 0 unspecified atom stereocenters. The van der Waals surface area contributed by atoms with Crippen molar-refractivity contribution < 1.29 is 5.11 Å². The summed E-state index contributed by atoms with van der Waals surface area (Å²) in [7, 11) is 0. The van der Waals surface area contributed by atoms with Crippen LogP contribution in [0.15, 0.2) is 29.4 Å². The number of phenolic OH excluding ortho intramolecular Hbond substituents is 1. The zero-order chi connectivity index (χ0) is 13.5. The van der Waals surface area contributed by atoms with E-state index in [0.717, 1.165) is 36.1 Å². The van der Waals surface area contributed by atoms with E-state index >= 15 is 0 Å². The van der Waals surface area contributed by atoms with Crippen LogP contribution in [0.3, 0.4) is 0 Å². The standard InChI is InChI=1S/C12H17N5OS/c1-2-13-6-7-17-12(14-15-16-17)19-9-10-4-3-5-11(18)8-10/h3-5,8,13,18H,2,6-7,9H2,1H3. The predicted molar refractivity (Wildman–Crippen MR) is 74.0 cm³/mol. The van der Waals surface area contributed by atoms with E-state index in [9.17, 15) is 5.11 Å². The summed E-state index contributed by atoms with van der Waals surface area (Å²) in [5.41, 5.74) is 1.05. The summed E-state index contributed by atoms with van der Waals surface area (Å²) in [5, 5.41) is 25.1. The van der Waals surface area contributed by atoms with Crippen molar-refractivity contribution in [3.63, 3.8) is 0 Å². The van der Waals surface area contributed by atoms with Gasteiger partial charge in [0.2, 0.25) is 5.16 Å². The van der Waals surface area contributed by atoms with Crippen LogP contribution in [-0.4, -0.2) is 38.4 Å². The quantitative estimate of drug-likeness (QED) is 0.587. The molecule has 19 heavy (non-hydrogen) atoms. The lowest BCUT2D eigenvalue weighted by atomic mass is 10.2. The lowest BCUT2D eigenvalue weighted by Crippen LogP contribution is -2.20. The van der Waals surface area contributed by atoms with Gasteiger partial charge in [0, 0.05) is 12.3 Å². The van der Waals surface area contributed by atoms with Crippen LogP contribution in [0.2, 0.25) is 0 Å². The van der Waals surface area contributed by atoms with Gasteiger partial charge in [-0.25, -0.2) is 4.68 Å². The van der Waals surface area contributed by atoms with Gasteiger partial charge in [-0.05, 0) is 34.7 Å². The highest BCUT2D eigenvalue weighted by Crippen LogP contribution is 2.21. The highest BCUT2D eigenvalue weighted by molar-refractivity contribution is 7.98. The molecule has 0 amide bonds. The number of hydrogen-bond acceptors (Lipinski definition) is 6. The molecule has 0 radical (unpaired) electrons. The molecule has 0 aliphatic heterocycles. The molecular weight excluding hydrogens is 262 g/mol. The van der Waals surface area contributed by atoms with E-state index in [1.165, 1.54) is 0 Å². The van der Waals surface area contributed by atoms with Crippen molar-refractivity contribution in [2.24, 2.45) is 0 Å². The largest absolute Gasteiger partial charge is 0.508 e. The molecule has 0 aliphatic carbocycles. The fourth-order valence-electron chi connectivity index (χ4n) is 1.60. The first-order chi connectivity index (χ1) is 9.29. The minimum absolute atomic E-state index is 0.282. The number of nitrogens with zero attached hydrogens (tertiary/aromatic N) is 4. The number of nitrogens with one attached hydrogen (secondary N) is 1. The fraction of sp³-hybridized carbons (Fsp3) is 0.417. The molecule has 0 fully saturated rings. The molecule has 0 spiro atoms. The van der Waals surface area contributed by atoms with E-state index in [1.807, 2.05) is 12.1 Å². The van der Waals surface area contributed by atoms with Crippen LogP contribution in [0.1, 0.15) is 12.5 Å². The van der Waals surface area contributed by atoms with Crippen LogP contribution < -0.4 is 5.32 Å². The Kier molecular flexibility index (Phi) is 5.17. The molecule has 0 saturated heterocycles. The first kappa shape index (κ1) is 13.8. The van der Waals surface area contributed by atoms with Gasteiger partial charge < -0.3 is 10.4 Å². The van der Waals surface area contributed by atoms with E-state index in [-0.39, 0.29) is 5.75 Å². The summed E-state index contributed by atoms with van der Waals surface area (Å²) >= 11 is 1.56. The highest BCUT2D eigenvalue weighted by Gasteiger charge is 2.06. The van der Waals surface area contributed by atoms with E-state index in [4.69, 9.17) is 0 Å². The molecule has 102 valence electrons. The van der Waals surface area contributed by atoms with Gasteiger partial charge in [-0.1, -0.05) is 30.8 Å². The average molecular weight is 279 g/mol. The monoisotopic (exact) mass is 279 g/mol.